The number of carbonyl (C=O) groups excluding carboxylic acids is 1. The summed E-state index contributed by atoms with van der Waals surface area (Å²) >= 11 is 5.77. The van der Waals surface area contributed by atoms with E-state index in [1.54, 1.807) is 7.05 Å². The molecule has 0 saturated carbocycles. The lowest BCUT2D eigenvalue weighted by Gasteiger charge is -2.10. The molecule has 1 aromatic heterocycles. The minimum atomic E-state index is -4.10. The van der Waals surface area contributed by atoms with Gasteiger partial charge in [-0.2, -0.15) is 0 Å². The SMILES string of the molecule is Cn1cc(Cl)cc1C(=O)Nc1cc(F)ccc1S(N)(=O)=O. The number of benzene rings is 1. The average molecular weight is 332 g/mol. The van der Waals surface area contributed by atoms with Crippen molar-refractivity contribution in [3.05, 3.63) is 47.0 Å². The summed E-state index contributed by atoms with van der Waals surface area (Å²) in [5.41, 5.74) is -0.0514. The Kier molecular flexibility index (Phi) is 4.04. The number of nitrogens with one attached hydrogen (secondary N) is 1. The number of aromatic nitrogens is 1. The Balaban J connectivity index is 2.42. The molecule has 2 aromatic rings. The highest BCUT2D eigenvalue weighted by atomic mass is 35.5. The van der Waals surface area contributed by atoms with Gasteiger partial charge < -0.3 is 9.88 Å². The normalized spacial score (nSPS) is 11.4. The predicted molar refractivity (Wildman–Crippen MR) is 76.1 cm³/mol. The summed E-state index contributed by atoms with van der Waals surface area (Å²) in [6.45, 7) is 0. The summed E-state index contributed by atoms with van der Waals surface area (Å²) in [5, 5.41) is 7.68. The van der Waals surface area contributed by atoms with E-state index in [1.165, 1.54) is 16.8 Å². The number of nitrogens with two attached hydrogens (primary N) is 1. The van der Waals surface area contributed by atoms with E-state index in [9.17, 15) is 17.6 Å². The molecule has 2 rings (SSSR count). The molecular formula is C12H11ClFN3O3S. The molecule has 0 radical (unpaired) electrons. The third-order valence-corrected chi connectivity index (χ3v) is 3.88. The zero-order chi connectivity index (χ0) is 15.8. The Morgan fingerprint density at radius 1 is 1.38 bits per heavy atom. The third-order valence-electron chi connectivity index (χ3n) is 2.70. The largest absolute Gasteiger partial charge is 0.345 e. The zero-order valence-corrected chi connectivity index (χ0v) is 12.4. The second-order valence-electron chi connectivity index (χ2n) is 4.29. The smallest absolute Gasteiger partial charge is 0.272 e. The van der Waals surface area contributed by atoms with Gasteiger partial charge in [0.15, 0.2) is 0 Å². The maximum atomic E-state index is 13.3. The van der Waals surface area contributed by atoms with E-state index in [4.69, 9.17) is 16.7 Å². The van der Waals surface area contributed by atoms with Gasteiger partial charge >= 0.3 is 0 Å². The lowest BCUT2D eigenvalue weighted by atomic mass is 10.3. The van der Waals surface area contributed by atoms with Gasteiger partial charge in [0.05, 0.1) is 10.7 Å². The van der Waals surface area contributed by atoms with Gasteiger partial charge in [0.2, 0.25) is 10.0 Å². The highest BCUT2D eigenvalue weighted by Gasteiger charge is 2.18. The van der Waals surface area contributed by atoms with Crippen LogP contribution in [-0.4, -0.2) is 18.9 Å². The van der Waals surface area contributed by atoms with Crippen LogP contribution < -0.4 is 10.5 Å². The van der Waals surface area contributed by atoms with Crippen molar-refractivity contribution in [2.45, 2.75) is 4.90 Å². The quantitative estimate of drug-likeness (QED) is 0.896. The van der Waals surface area contributed by atoms with Crippen LogP contribution in [0.2, 0.25) is 5.02 Å². The fourth-order valence-electron chi connectivity index (χ4n) is 1.78. The van der Waals surface area contributed by atoms with E-state index in [-0.39, 0.29) is 16.3 Å². The van der Waals surface area contributed by atoms with E-state index >= 15 is 0 Å². The van der Waals surface area contributed by atoms with Crippen LogP contribution >= 0.6 is 11.6 Å². The maximum Gasteiger partial charge on any atom is 0.272 e. The third kappa shape index (κ3) is 3.41. The molecule has 1 aromatic carbocycles. The topological polar surface area (TPSA) is 94.2 Å². The van der Waals surface area contributed by atoms with E-state index < -0.39 is 21.7 Å². The Morgan fingerprint density at radius 3 is 2.57 bits per heavy atom. The first-order valence-electron chi connectivity index (χ1n) is 5.64. The molecule has 0 aliphatic carbocycles. The van der Waals surface area contributed by atoms with E-state index in [0.717, 1.165) is 18.2 Å². The highest BCUT2D eigenvalue weighted by molar-refractivity contribution is 7.89. The minimum Gasteiger partial charge on any atom is -0.345 e. The fourth-order valence-corrected chi connectivity index (χ4v) is 2.71. The molecule has 1 heterocycles. The number of hydrogen-bond donors (Lipinski definition) is 2. The fraction of sp³-hybridized carbons (Fsp3) is 0.0833. The van der Waals surface area contributed by atoms with Crippen molar-refractivity contribution >= 4 is 33.2 Å². The number of hydrogen-bond acceptors (Lipinski definition) is 3. The van der Waals surface area contributed by atoms with Crippen LogP contribution in [0.1, 0.15) is 10.5 Å². The molecule has 0 unspecified atom stereocenters. The molecule has 1 amide bonds. The molecule has 9 heteroatoms. The molecular weight excluding hydrogens is 321 g/mol. The number of nitrogens with zero attached hydrogens (tertiary/aromatic N) is 1. The summed E-state index contributed by atoms with van der Waals surface area (Å²) in [6, 6.07) is 4.20. The molecule has 112 valence electrons. The first kappa shape index (κ1) is 15.5. The van der Waals surface area contributed by atoms with E-state index in [2.05, 4.69) is 5.32 Å². The van der Waals surface area contributed by atoms with Crippen molar-refractivity contribution in [2.75, 3.05) is 5.32 Å². The molecule has 0 spiro atoms. The van der Waals surface area contributed by atoms with Gasteiger partial charge in [-0.1, -0.05) is 11.6 Å². The highest BCUT2D eigenvalue weighted by Crippen LogP contribution is 2.22. The van der Waals surface area contributed by atoms with Gasteiger partial charge in [-0.3, -0.25) is 4.79 Å². The number of amides is 1. The molecule has 0 atom stereocenters. The average Bonchev–Trinajstić information content (AvgIpc) is 2.67. The molecule has 21 heavy (non-hydrogen) atoms. The van der Waals surface area contributed by atoms with E-state index in [1.807, 2.05) is 0 Å². The zero-order valence-electron chi connectivity index (χ0n) is 10.8. The first-order chi connectivity index (χ1) is 9.68. The van der Waals surface area contributed by atoms with Crippen molar-refractivity contribution in [1.82, 2.24) is 4.57 Å². The first-order valence-corrected chi connectivity index (χ1v) is 7.56. The van der Waals surface area contributed by atoms with Crippen molar-refractivity contribution in [2.24, 2.45) is 12.2 Å². The second-order valence-corrected chi connectivity index (χ2v) is 6.26. The van der Waals surface area contributed by atoms with Crippen LogP contribution in [0.5, 0.6) is 0 Å². The Bertz CT molecular complexity index is 817. The van der Waals surface area contributed by atoms with Crippen LogP contribution in [0.3, 0.4) is 0 Å². The minimum absolute atomic E-state index is 0.185. The molecule has 6 nitrogen and oxygen atoms in total. The van der Waals surface area contributed by atoms with Crippen molar-refractivity contribution in [3.8, 4) is 0 Å². The van der Waals surface area contributed by atoms with Crippen molar-refractivity contribution < 1.29 is 17.6 Å². The number of rotatable bonds is 3. The monoisotopic (exact) mass is 331 g/mol. The molecule has 3 N–H and O–H groups in total. The van der Waals surface area contributed by atoms with E-state index in [0.29, 0.717) is 5.02 Å². The molecule has 0 aliphatic heterocycles. The number of anilines is 1. The van der Waals surface area contributed by atoms with Gasteiger partial charge in [0, 0.05) is 13.2 Å². The van der Waals surface area contributed by atoms with Crippen LogP contribution in [0.15, 0.2) is 35.4 Å². The predicted octanol–water partition coefficient (Wildman–Crippen LogP) is 1.72. The lowest BCUT2D eigenvalue weighted by molar-refractivity contribution is 0.101. The summed E-state index contributed by atoms with van der Waals surface area (Å²) in [6.07, 6.45) is 1.50. The standard InChI is InChI=1S/C12H11ClFN3O3S/c1-17-6-7(13)4-10(17)12(18)16-9-5-8(14)2-3-11(9)21(15,19)20/h2-6H,1H3,(H,16,18)(H2,15,19,20). The Morgan fingerprint density at radius 2 is 2.05 bits per heavy atom. The summed E-state index contributed by atoms with van der Waals surface area (Å²) < 4.78 is 37.6. The number of primary sulfonamides is 1. The van der Waals surface area contributed by atoms with Crippen LogP contribution in [-0.2, 0) is 17.1 Å². The van der Waals surface area contributed by atoms with Crippen LogP contribution in [0.4, 0.5) is 10.1 Å². The van der Waals surface area contributed by atoms with Gasteiger partial charge in [-0.05, 0) is 24.3 Å². The maximum absolute atomic E-state index is 13.3. The number of sulfonamides is 1. The van der Waals surface area contributed by atoms with Gasteiger partial charge in [0.1, 0.15) is 16.4 Å². The Labute approximate surface area is 125 Å². The molecule has 0 aliphatic rings. The number of carbonyl (C=O) groups is 1. The second kappa shape index (κ2) is 5.47. The lowest BCUT2D eigenvalue weighted by Crippen LogP contribution is -2.20. The molecule has 0 bridgehead atoms. The summed E-state index contributed by atoms with van der Waals surface area (Å²) in [7, 11) is -2.51. The van der Waals surface area contributed by atoms with Crippen LogP contribution in [0.25, 0.3) is 0 Å². The van der Waals surface area contributed by atoms with Crippen molar-refractivity contribution in [1.29, 1.82) is 0 Å². The number of aryl methyl sites for hydroxylation is 1. The van der Waals surface area contributed by atoms with Gasteiger partial charge in [-0.15, -0.1) is 0 Å². The molecule has 0 fully saturated rings. The number of halogens is 2. The summed E-state index contributed by atoms with van der Waals surface area (Å²) in [5.74, 6) is -1.34. The molecule has 0 saturated heterocycles. The van der Waals surface area contributed by atoms with Gasteiger partial charge in [-0.25, -0.2) is 17.9 Å². The van der Waals surface area contributed by atoms with Crippen molar-refractivity contribution in [3.63, 3.8) is 0 Å². The Hall–Kier alpha value is -1.90. The summed E-state index contributed by atoms with van der Waals surface area (Å²) in [4.78, 5) is 11.7. The van der Waals surface area contributed by atoms with Gasteiger partial charge in [0.25, 0.3) is 5.91 Å². The van der Waals surface area contributed by atoms with Crippen LogP contribution in [0, 0.1) is 5.82 Å².